The molecule has 0 amide bonds. The van der Waals surface area contributed by atoms with Gasteiger partial charge in [-0.15, -0.1) is 0 Å². The average Bonchev–Trinajstić information content (AvgIpc) is 2.51. The number of benzene rings is 1. The summed E-state index contributed by atoms with van der Waals surface area (Å²) in [5.74, 6) is -1.23. The van der Waals surface area contributed by atoms with Crippen LogP contribution in [0.1, 0.15) is 0 Å². The first kappa shape index (κ1) is 9.67. The van der Waals surface area contributed by atoms with Gasteiger partial charge in [0, 0.05) is 11.6 Å². The van der Waals surface area contributed by atoms with E-state index < -0.39 is 11.6 Å². The van der Waals surface area contributed by atoms with Gasteiger partial charge in [0.15, 0.2) is 0 Å². The lowest BCUT2D eigenvalue weighted by Crippen LogP contribution is -1.85. The molecular weight excluding hydrogens is 274 g/mol. The van der Waals surface area contributed by atoms with Crippen LogP contribution in [0.15, 0.2) is 22.9 Å². The first-order valence-corrected chi connectivity index (χ1v) is 5.18. The molecule has 14 heavy (non-hydrogen) atoms. The Bertz CT molecular complexity index is 472. The van der Waals surface area contributed by atoms with Gasteiger partial charge in [-0.05, 0) is 39.6 Å². The maximum absolute atomic E-state index is 13.2. The van der Waals surface area contributed by atoms with Gasteiger partial charge in [0.05, 0.1) is 0 Å². The molecule has 2 nitrogen and oxygen atoms in total. The van der Waals surface area contributed by atoms with Crippen molar-refractivity contribution >= 4 is 27.5 Å². The summed E-state index contributed by atoms with van der Waals surface area (Å²) in [6, 6.07) is 3.36. The minimum absolute atomic E-state index is 0.259. The van der Waals surface area contributed by atoms with Crippen LogP contribution in [-0.4, -0.2) is 9.36 Å². The van der Waals surface area contributed by atoms with E-state index in [1.165, 1.54) is 12.1 Å². The van der Waals surface area contributed by atoms with Crippen molar-refractivity contribution in [1.82, 2.24) is 9.36 Å². The molecule has 0 radical (unpaired) electrons. The molecule has 0 aliphatic carbocycles. The molecule has 0 aliphatic rings. The van der Waals surface area contributed by atoms with Gasteiger partial charge in [-0.2, -0.15) is 4.37 Å². The zero-order valence-corrected chi connectivity index (χ0v) is 9.07. The van der Waals surface area contributed by atoms with Crippen LogP contribution in [0.4, 0.5) is 8.78 Å². The second kappa shape index (κ2) is 3.70. The van der Waals surface area contributed by atoms with Crippen molar-refractivity contribution in [2.24, 2.45) is 0 Å². The van der Waals surface area contributed by atoms with Crippen LogP contribution in [0.5, 0.6) is 0 Å². The van der Waals surface area contributed by atoms with Crippen LogP contribution in [0.25, 0.3) is 10.6 Å². The Labute approximate surface area is 90.9 Å². The molecule has 0 unspecified atom stereocenters. The fourth-order valence-corrected chi connectivity index (χ4v) is 2.08. The van der Waals surface area contributed by atoms with E-state index in [1.807, 2.05) is 0 Å². The average molecular weight is 277 g/mol. The summed E-state index contributed by atoms with van der Waals surface area (Å²) >= 11 is 4.11. The fourth-order valence-electron chi connectivity index (χ4n) is 0.978. The van der Waals surface area contributed by atoms with Crippen LogP contribution in [0.2, 0.25) is 0 Å². The Morgan fingerprint density at radius 3 is 2.64 bits per heavy atom. The van der Waals surface area contributed by atoms with Crippen molar-refractivity contribution in [2.75, 3.05) is 0 Å². The molecule has 72 valence electrons. The highest BCUT2D eigenvalue weighted by atomic mass is 79.9. The van der Waals surface area contributed by atoms with Crippen LogP contribution in [0, 0.1) is 11.6 Å². The lowest BCUT2D eigenvalue weighted by molar-refractivity contribution is 0.585. The summed E-state index contributed by atoms with van der Waals surface area (Å²) in [7, 11) is 0. The summed E-state index contributed by atoms with van der Waals surface area (Å²) in [6.07, 6.45) is 0. The number of nitrogens with zero attached hydrogens (tertiary/aromatic N) is 2. The number of hydrogen-bond donors (Lipinski definition) is 0. The number of rotatable bonds is 1. The van der Waals surface area contributed by atoms with E-state index in [9.17, 15) is 8.78 Å². The minimum Gasteiger partial charge on any atom is -0.209 e. The van der Waals surface area contributed by atoms with Crippen LogP contribution in [0.3, 0.4) is 0 Å². The maximum atomic E-state index is 13.2. The van der Waals surface area contributed by atoms with Gasteiger partial charge >= 0.3 is 0 Å². The van der Waals surface area contributed by atoms with Crippen LogP contribution >= 0.6 is 27.5 Å². The zero-order chi connectivity index (χ0) is 10.1. The number of hydrogen-bond acceptors (Lipinski definition) is 3. The Balaban J connectivity index is 2.52. The Morgan fingerprint density at radius 1 is 1.29 bits per heavy atom. The quantitative estimate of drug-likeness (QED) is 0.799. The maximum Gasteiger partial charge on any atom is 0.209 e. The van der Waals surface area contributed by atoms with Gasteiger partial charge in [0.1, 0.15) is 16.6 Å². The molecule has 0 bridgehead atoms. The van der Waals surface area contributed by atoms with E-state index in [0.29, 0.717) is 9.74 Å². The van der Waals surface area contributed by atoms with E-state index in [0.717, 1.165) is 17.6 Å². The second-order valence-electron chi connectivity index (χ2n) is 2.49. The summed E-state index contributed by atoms with van der Waals surface area (Å²) in [6.45, 7) is 0. The third-order valence-electron chi connectivity index (χ3n) is 1.56. The van der Waals surface area contributed by atoms with Crippen molar-refractivity contribution in [3.8, 4) is 10.6 Å². The van der Waals surface area contributed by atoms with Crippen LogP contribution in [-0.2, 0) is 0 Å². The van der Waals surface area contributed by atoms with E-state index in [1.54, 1.807) is 0 Å². The third-order valence-corrected chi connectivity index (χ3v) is 2.90. The molecule has 1 aromatic carbocycles. The highest BCUT2D eigenvalue weighted by molar-refractivity contribution is 9.10. The summed E-state index contributed by atoms with van der Waals surface area (Å²) in [5.41, 5.74) is 0.259. The van der Waals surface area contributed by atoms with E-state index in [-0.39, 0.29) is 5.56 Å². The van der Waals surface area contributed by atoms with Gasteiger partial charge < -0.3 is 0 Å². The Kier molecular flexibility index (Phi) is 2.56. The van der Waals surface area contributed by atoms with Crippen molar-refractivity contribution in [3.63, 3.8) is 0 Å². The zero-order valence-electron chi connectivity index (χ0n) is 6.67. The van der Waals surface area contributed by atoms with Gasteiger partial charge in [-0.1, -0.05) is 0 Å². The monoisotopic (exact) mass is 276 g/mol. The number of halogens is 3. The van der Waals surface area contributed by atoms with Crippen molar-refractivity contribution in [2.45, 2.75) is 0 Å². The molecule has 0 fully saturated rings. The van der Waals surface area contributed by atoms with Gasteiger partial charge in [0.2, 0.25) is 4.73 Å². The molecule has 0 atom stereocenters. The number of aromatic nitrogens is 2. The van der Waals surface area contributed by atoms with Crippen molar-refractivity contribution in [1.29, 1.82) is 0 Å². The topological polar surface area (TPSA) is 25.8 Å². The van der Waals surface area contributed by atoms with Gasteiger partial charge in [-0.25, -0.2) is 13.8 Å². The molecule has 0 saturated heterocycles. The normalized spacial score (nSPS) is 10.5. The third kappa shape index (κ3) is 1.80. The van der Waals surface area contributed by atoms with E-state index in [4.69, 9.17) is 0 Å². The minimum atomic E-state index is -0.631. The molecule has 1 heterocycles. The molecule has 0 saturated carbocycles. The summed E-state index contributed by atoms with van der Waals surface area (Å²) < 4.78 is 30.1. The molecule has 0 spiro atoms. The molecule has 1 aromatic heterocycles. The van der Waals surface area contributed by atoms with Crippen LogP contribution < -0.4 is 0 Å². The predicted molar refractivity (Wildman–Crippen MR) is 53.0 cm³/mol. The largest absolute Gasteiger partial charge is 0.209 e. The molecule has 2 aromatic rings. The molecular formula is C8H3BrF2N2S. The molecule has 6 heteroatoms. The lowest BCUT2D eigenvalue weighted by Gasteiger charge is -1.96. The van der Waals surface area contributed by atoms with Crippen molar-refractivity contribution in [3.05, 3.63) is 34.6 Å². The highest BCUT2D eigenvalue weighted by Gasteiger charge is 2.10. The smallest absolute Gasteiger partial charge is 0.209 e. The summed E-state index contributed by atoms with van der Waals surface area (Å²) in [4.78, 5) is 3.93. The SMILES string of the molecule is Fc1ccc(-c2nc(Br)ns2)c(F)c1. The Morgan fingerprint density at radius 2 is 2.07 bits per heavy atom. The lowest BCUT2D eigenvalue weighted by atomic mass is 10.2. The van der Waals surface area contributed by atoms with E-state index in [2.05, 4.69) is 25.3 Å². The first-order chi connectivity index (χ1) is 6.66. The van der Waals surface area contributed by atoms with Gasteiger partial charge in [0.25, 0.3) is 0 Å². The molecule has 0 aliphatic heterocycles. The first-order valence-electron chi connectivity index (χ1n) is 3.61. The van der Waals surface area contributed by atoms with Gasteiger partial charge in [-0.3, -0.25) is 0 Å². The standard InChI is InChI=1S/C8H3BrF2N2S/c9-8-12-7(14-13-8)5-2-1-4(10)3-6(5)11/h1-3H. The van der Waals surface area contributed by atoms with E-state index >= 15 is 0 Å². The molecule has 0 N–H and O–H groups in total. The van der Waals surface area contributed by atoms with Crippen molar-refractivity contribution < 1.29 is 8.78 Å². The Hall–Kier alpha value is -0.880. The summed E-state index contributed by atoms with van der Waals surface area (Å²) in [5, 5.41) is 0.425. The predicted octanol–water partition coefficient (Wildman–Crippen LogP) is 3.25. The fraction of sp³-hybridized carbons (Fsp3) is 0. The second-order valence-corrected chi connectivity index (χ2v) is 3.95. The molecule has 2 rings (SSSR count). The highest BCUT2D eigenvalue weighted by Crippen LogP contribution is 2.26.